The van der Waals surface area contributed by atoms with Crippen LogP contribution in [0.25, 0.3) is 21.6 Å². The van der Waals surface area contributed by atoms with Crippen LogP contribution < -0.4 is 25.2 Å². The standard InChI is InChI=1S/C54H58F3N7O7S2/c1-32(71-42-22-17-36(18-23-42)35-14-19-39(20-15-35)64-51(72)63(50(69)53(64,6)7)40-21-16-38(27-58)43(25-40)54(55,56)57)9-8-24-70-30-45(66)61-47(52(3,4)5)49(68)62-29-41(65)26-44(62)48(67)59-28-34-10-12-37(13-11-34)46-33(2)60-31-73-46/h10-23,25,31-32,41,44,47,65H,8-9,24,26,28-30H2,1-7H3,(H,59,67)(H,61,66)/t32?,41-,44+,47?/m1/s1. The van der Waals surface area contributed by atoms with Crippen molar-refractivity contribution in [1.29, 1.82) is 5.26 Å². The largest absolute Gasteiger partial charge is 0.491 e. The summed E-state index contributed by atoms with van der Waals surface area (Å²) >= 11 is 7.24. The van der Waals surface area contributed by atoms with E-state index in [4.69, 9.17) is 21.7 Å². The Hall–Kier alpha value is -6.72. The molecule has 0 bridgehead atoms. The van der Waals surface area contributed by atoms with E-state index in [9.17, 15) is 42.7 Å². The summed E-state index contributed by atoms with van der Waals surface area (Å²) in [5, 5.41) is 25.6. The van der Waals surface area contributed by atoms with Crippen molar-refractivity contribution in [3.63, 3.8) is 0 Å². The summed E-state index contributed by atoms with van der Waals surface area (Å²) in [5.41, 5.74) is 3.21. The highest BCUT2D eigenvalue weighted by molar-refractivity contribution is 7.81. The molecule has 5 aromatic rings. The van der Waals surface area contributed by atoms with Gasteiger partial charge >= 0.3 is 6.18 Å². The van der Waals surface area contributed by atoms with Crippen molar-refractivity contribution < 1.29 is 46.9 Å². The van der Waals surface area contributed by atoms with Crippen LogP contribution in [0.4, 0.5) is 24.5 Å². The Morgan fingerprint density at radius 2 is 1.60 bits per heavy atom. The number of halogens is 3. The molecule has 4 amide bonds. The first-order valence-corrected chi connectivity index (χ1v) is 25.1. The van der Waals surface area contributed by atoms with Crippen molar-refractivity contribution in [2.24, 2.45) is 5.41 Å². The average Bonchev–Trinajstić information content (AvgIpc) is 4.01. The number of aryl methyl sites for hydroxylation is 1. The number of benzene rings is 4. The van der Waals surface area contributed by atoms with E-state index in [1.807, 2.05) is 95.3 Å². The predicted octanol–water partition coefficient (Wildman–Crippen LogP) is 8.97. The maximum atomic E-state index is 14.0. The van der Waals surface area contributed by atoms with Crippen LogP contribution in [-0.4, -0.2) is 93.3 Å². The molecule has 4 aromatic carbocycles. The van der Waals surface area contributed by atoms with Gasteiger partial charge in [0.15, 0.2) is 5.11 Å². The maximum absolute atomic E-state index is 14.0. The average molecular weight is 1040 g/mol. The van der Waals surface area contributed by atoms with Crippen LogP contribution in [0.15, 0.2) is 96.5 Å². The number of ether oxygens (including phenoxy) is 2. The Bertz CT molecular complexity index is 2880. The van der Waals surface area contributed by atoms with Crippen LogP contribution >= 0.6 is 23.6 Å². The zero-order valence-electron chi connectivity index (χ0n) is 41.6. The highest BCUT2D eigenvalue weighted by atomic mass is 32.1. The van der Waals surface area contributed by atoms with E-state index in [1.54, 1.807) is 53.8 Å². The zero-order chi connectivity index (χ0) is 53.0. The number of thiazole rings is 1. The normalized spacial score (nSPS) is 17.6. The number of likely N-dealkylation sites (tertiary alicyclic amines) is 1. The summed E-state index contributed by atoms with van der Waals surface area (Å²) in [6.07, 6.45) is -4.61. The molecular formula is C54H58F3N7O7S2. The number of carbonyl (C=O) groups is 4. The van der Waals surface area contributed by atoms with Gasteiger partial charge in [-0.2, -0.15) is 18.4 Å². The van der Waals surface area contributed by atoms with E-state index in [2.05, 4.69) is 15.6 Å². The number of β-amino-alcohol motifs (C(OH)–C–C–N with tert-alkyl or cyclic N) is 1. The van der Waals surface area contributed by atoms with Gasteiger partial charge < -0.3 is 35.0 Å². The Balaban J connectivity index is 0.855. The van der Waals surface area contributed by atoms with Crippen LogP contribution in [-0.2, 0) is 36.6 Å². The van der Waals surface area contributed by atoms with Gasteiger partial charge in [-0.1, -0.05) is 69.3 Å². The molecule has 14 nitrogen and oxygen atoms in total. The fourth-order valence-corrected chi connectivity index (χ4v) is 10.2. The number of rotatable bonds is 17. The van der Waals surface area contributed by atoms with Crippen molar-refractivity contribution in [3.8, 4) is 33.4 Å². The van der Waals surface area contributed by atoms with Gasteiger partial charge in [0, 0.05) is 31.8 Å². The number of thiocarbonyl (C=S) groups is 1. The van der Waals surface area contributed by atoms with Gasteiger partial charge in [-0.3, -0.25) is 24.1 Å². The van der Waals surface area contributed by atoms with Crippen molar-refractivity contribution >= 4 is 63.7 Å². The molecular weight excluding hydrogens is 980 g/mol. The minimum atomic E-state index is -4.81. The van der Waals surface area contributed by atoms with Crippen LogP contribution in [0.1, 0.15) is 83.2 Å². The van der Waals surface area contributed by atoms with E-state index >= 15 is 0 Å². The Kier molecular flexibility index (Phi) is 16.4. The molecule has 0 radical (unpaired) electrons. The molecule has 2 aliphatic rings. The lowest BCUT2D eigenvalue weighted by molar-refractivity contribution is -0.144. The van der Waals surface area contributed by atoms with Gasteiger partial charge in [0.05, 0.1) is 51.2 Å². The number of aliphatic hydroxyl groups is 1. The zero-order valence-corrected chi connectivity index (χ0v) is 43.2. The first kappa shape index (κ1) is 54.1. The molecule has 2 unspecified atom stereocenters. The number of carbonyl (C=O) groups excluding carboxylic acids is 4. The summed E-state index contributed by atoms with van der Waals surface area (Å²) in [7, 11) is 0. The van der Waals surface area contributed by atoms with Crippen molar-refractivity contribution in [2.75, 3.05) is 29.6 Å². The number of nitriles is 1. The van der Waals surface area contributed by atoms with Gasteiger partial charge in [-0.05, 0) is 123 Å². The topological polar surface area (TPSA) is 177 Å². The number of nitrogens with one attached hydrogen (secondary N) is 2. The third-order valence-electron chi connectivity index (χ3n) is 12.8. The van der Waals surface area contributed by atoms with Crippen LogP contribution in [0.3, 0.4) is 0 Å². The smallest absolute Gasteiger partial charge is 0.417 e. The second-order valence-corrected chi connectivity index (χ2v) is 21.0. The maximum Gasteiger partial charge on any atom is 0.417 e. The highest BCUT2D eigenvalue weighted by Gasteiger charge is 2.51. The molecule has 2 aliphatic heterocycles. The summed E-state index contributed by atoms with van der Waals surface area (Å²) in [4.78, 5) is 63.7. The van der Waals surface area contributed by atoms with Crippen molar-refractivity contribution in [3.05, 3.63) is 119 Å². The quantitative estimate of drug-likeness (QED) is 0.0599. The molecule has 3 N–H and O–H groups in total. The molecule has 19 heteroatoms. The van der Waals surface area contributed by atoms with Gasteiger partial charge in [0.25, 0.3) is 5.91 Å². The van der Waals surface area contributed by atoms with Crippen LogP contribution in [0.2, 0.25) is 0 Å². The fraction of sp³-hybridized carbons (Fsp3) is 0.389. The van der Waals surface area contributed by atoms with Crippen LogP contribution in [0.5, 0.6) is 5.75 Å². The predicted molar refractivity (Wildman–Crippen MR) is 276 cm³/mol. The lowest BCUT2D eigenvalue weighted by Crippen LogP contribution is -2.58. The molecule has 4 atom stereocenters. The number of hydrogen-bond donors (Lipinski definition) is 3. The molecule has 3 heterocycles. The number of anilines is 2. The second kappa shape index (κ2) is 22.2. The first-order valence-electron chi connectivity index (χ1n) is 23.8. The molecule has 384 valence electrons. The van der Waals surface area contributed by atoms with E-state index < -0.39 is 64.2 Å². The molecule has 0 spiro atoms. The molecule has 0 saturated carbocycles. The summed E-state index contributed by atoms with van der Waals surface area (Å²) in [6, 6.07) is 25.3. The van der Waals surface area contributed by atoms with E-state index in [-0.39, 0.29) is 55.5 Å². The minimum Gasteiger partial charge on any atom is -0.491 e. The summed E-state index contributed by atoms with van der Waals surface area (Å²) in [6.45, 7) is 12.8. The third-order valence-corrected chi connectivity index (χ3v) is 14.2. The van der Waals surface area contributed by atoms with Crippen molar-refractivity contribution in [1.82, 2.24) is 20.5 Å². The second-order valence-electron chi connectivity index (χ2n) is 19.8. The third kappa shape index (κ3) is 12.4. The molecule has 2 fully saturated rings. The number of aromatic nitrogens is 1. The molecule has 0 aliphatic carbocycles. The molecule has 73 heavy (non-hydrogen) atoms. The summed E-state index contributed by atoms with van der Waals surface area (Å²) < 4.78 is 53.2. The number of aliphatic hydroxyl groups excluding tert-OH is 1. The monoisotopic (exact) mass is 1040 g/mol. The fourth-order valence-electron chi connectivity index (χ4n) is 8.90. The number of nitrogens with zero attached hydrogens (tertiary/aromatic N) is 5. The molecule has 2 saturated heterocycles. The van der Waals surface area contributed by atoms with E-state index in [0.717, 1.165) is 49.9 Å². The molecule has 1 aromatic heterocycles. The highest BCUT2D eigenvalue weighted by Crippen LogP contribution is 2.40. The van der Waals surface area contributed by atoms with Gasteiger partial charge in [-0.25, -0.2) is 4.98 Å². The van der Waals surface area contributed by atoms with E-state index in [0.29, 0.717) is 24.3 Å². The number of hydrogen-bond acceptors (Lipinski definition) is 11. The first-order chi connectivity index (χ1) is 34.5. The Labute approximate surface area is 432 Å². The lowest BCUT2D eigenvalue weighted by atomic mass is 9.85. The Morgan fingerprint density at radius 3 is 2.21 bits per heavy atom. The lowest BCUT2D eigenvalue weighted by Gasteiger charge is -2.35. The van der Waals surface area contributed by atoms with Gasteiger partial charge in [0.1, 0.15) is 30.0 Å². The minimum absolute atomic E-state index is 0.00214. The van der Waals surface area contributed by atoms with Gasteiger partial charge in [0.2, 0.25) is 17.7 Å². The van der Waals surface area contributed by atoms with Crippen LogP contribution in [0, 0.1) is 23.7 Å². The van der Waals surface area contributed by atoms with E-state index in [1.165, 1.54) is 11.0 Å². The van der Waals surface area contributed by atoms with Gasteiger partial charge in [-0.15, -0.1) is 11.3 Å². The van der Waals surface area contributed by atoms with Crippen molar-refractivity contribution in [2.45, 2.75) is 110 Å². The SMILES string of the molecule is Cc1ncsc1-c1ccc(CNC(=O)[C@@H]2C[C@@H](O)CN2C(=O)C(NC(=O)COCCCC(C)Oc2ccc(-c3ccc(N4C(=S)N(c5ccc(C#N)c(C(F)(F)F)c5)C(=O)C4(C)C)cc3)cc2)C(C)(C)C)cc1. The Morgan fingerprint density at radius 1 is 0.973 bits per heavy atom. The number of amides is 4. The summed E-state index contributed by atoms with van der Waals surface area (Å²) in [5.74, 6) is -1.21. The number of alkyl halides is 3. The molecule has 7 rings (SSSR count).